The van der Waals surface area contributed by atoms with Crippen molar-refractivity contribution in [3.63, 3.8) is 0 Å². The number of aromatic nitrogens is 3. The Morgan fingerprint density at radius 3 is 2.29 bits per heavy atom. The first-order valence-corrected chi connectivity index (χ1v) is 4.75. The van der Waals surface area contributed by atoms with Gasteiger partial charge in [0.2, 0.25) is 0 Å². The van der Waals surface area contributed by atoms with Gasteiger partial charge in [-0.15, -0.1) is 5.10 Å². The molecule has 0 aliphatic carbocycles. The monoisotopic (exact) mass is 242 g/mol. The zero-order chi connectivity index (χ0) is 12.6. The Morgan fingerprint density at radius 2 is 1.82 bits per heavy atom. The molecule has 7 heteroatoms. The minimum Gasteiger partial charge on any atom is -0.319 e. The van der Waals surface area contributed by atoms with Crippen molar-refractivity contribution >= 4 is 0 Å². The molecule has 0 saturated heterocycles. The second-order valence-electron chi connectivity index (χ2n) is 3.56. The molecule has 2 N–H and O–H groups in total. The number of hydrogen-bond acceptors (Lipinski definition) is 3. The molecule has 1 heterocycles. The Morgan fingerprint density at radius 1 is 1.24 bits per heavy atom. The molecular formula is C10H9F3N4. The third-order valence-electron chi connectivity index (χ3n) is 2.43. The molecule has 0 saturated carbocycles. The van der Waals surface area contributed by atoms with Crippen LogP contribution in [-0.4, -0.2) is 15.0 Å². The van der Waals surface area contributed by atoms with Gasteiger partial charge in [0.1, 0.15) is 0 Å². The first-order chi connectivity index (χ1) is 8.00. The van der Waals surface area contributed by atoms with Gasteiger partial charge in [-0.25, -0.2) is 13.2 Å². The number of rotatable bonds is 2. The fourth-order valence-electron chi connectivity index (χ4n) is 1.50. The molecule has 0 amide bonds. The van der Waals surface area contributed by atoms with E-state index in [9.17, 15) is 13.2 Å². The first kappa shape index (κ1) is 11.6. The number of nitrogens with zero attached hydrogens (tertiary/aromatic N) is 3. The van der Waals surface area contributed by atoms with Crippen LogP contribution in [0.5, 0.6) is 0 Å². The van der Waals surface area contributed by atoms with E-state index in [1.54, 1.807) is 7.05 Å². The number of hydrogen-bond donors (Lipinski definition) is 1. The predicted molar refractivity (Wildman–Crippen MR) is 53.3 cm³/mol. The van der Waals surface area contributed by atoms with Crippen molar-refractivity contribution in [2.24, 2.45) is 12.8 Å². The van der Waals surface area contributed by atoms with Crippen LogP contribution in [0.3, 0.4) is 0 Å². The lowest BCUT2D eigenvalue weighted by Crippen LogP contribution is -2.16. The minimum absolute atomic E-state index is 0.117. The summed E-state index contributed by atoms with van der Waals surface area (Å²) in [5.41, 5.74) is 6.38. The summed E-state index contributed by atoms with van der Waals surface area (Å²) in [6.45, 7) is 0. The van der Waals surface area contributed by atoms with Gasteiger partial charge in [0.05, 0.1) is 17.9 Å². The van der Waals surface area contributed by atoms with Gasteiger partial charge in [-0.2, -0.15) is 0 Å². The van der Waals surface area contributed by atoms with E-state index in [2.05, 4.69) is 10.3 Å². The number of halogens is 3. The van der Waals surface area contributed by atoms with Gasteiger partial charge in [0, 0.05) is 7.05 Å². The Hall–Kier alpha value is -1.89. The maximum atomic E-state index is 13.0. The summed E-state index contributed by atoms with van der Waals surface area (Å²) in [5, 5.41) is 7.25. The maximum Gasteiger partial charge on any atom is 0.194 e. The second-order valence-corrected chi connectivity index (χ2v) is 3.56. The standard InChI is InChI=1S/C10H9F3N4/c1-17-8(4-15-16-17)10(14)5-2-6(11)9(13)7(12)3-5/h2-4,10H,14H2,1H3. The molecule has 0 aliphatic heterocycles. The average molecular weight is 242 g/mol. The first-order valence-electron chi connectivity index (χ1n) is 4.75. The van der Waals surface area contributed by atoms with E-state index in [0.29, 0.717) is 5.69 Å². The molecule has 90 valence electrons. The smallest absolute Gasteiger partial charge is 0.194 e. The predicted octanol–water partition coefficient (Wildman–Crippen LogP) is 1.28. The van der Waals surface area contributed by atoms with E-state index >= 15 is 0 Å². The molecule has 0 radical (unpaired) electrons. The largest absolute Gasteiger partial charge is 0.319 e. The molecular weight excluding hydrogens is 233 g/mol. The van der Waals surface area contributed by atoms with Crippen LogP contribution in [0.25, 0.3) is 0 Å². The summed E-state index contributed by atoms with van der Waals surface area (Å²) >= 11 is 0. The molecule has 0 aliphatic rings. The van der Waals surface area contributed by atoms with Gasteiger partial charge in [-0.1, -0.05) is 5.21 Å². The molecule has 1 atom stereocenters. The zero-order valence-electron chi connectivity index (χ0n) is 8.86. The fourth-order valence-corrected chi connectivity index (χ4v) is 1.50. The van der Waals surface area contributed by atoms with E-state index in [4.69, 9.17) is 5.73 Å². The van der Waals surface area contributed by atoms with Gasteiger partial charge in [0.15, 0.2) is 17.5 Å². The number of nitrogens with two attached hydrogens (primary N) is 1. The average Bonchev–Trinajstić information content (AvgIpc) is 2.70. The zero-order valence-corrected chi connectivity index (χ0v) is 8.86. The lowest BCUT2D eigenvalue weighted by atomic mass is 10.0. The summed E-state index contributed by atoms with van der Waals surface area (Å²) in [4.78, 5) is 0. The highest BCUT2D eigenvalue weighted by molar-refractivity contribution is 5.28. The highest BCUT2D eigenvalue weighted by Crippen LogP contribution is 2.22. The summed E-state index contributed by atoms with van der Waals surface area (Å²) in [6, 6.07) is 0.895. The van der Waals surface area contributed by atoms with Crippen molar-refractivity contribution in [1.82, 2.24) is 15.0 Å². The van der Waals surface area contributed by atoms with Crippen LogP contribution in [0.1, 0.15) is 17.3 Å². The van der Waals surface area contributed by atoms with Crippen molar-refractivity contribution in [1.29, 1.82) is 0 Å². The highest BCUT2D eigenvalue weighted by atomic mass is 19.2. The molecule has 4 nitrogen and oxygen atoms in total. The van der Waals surface area contributed by atoms with Crippen LogP contribution in [-0.2, 0) is 7.05 Å². The van der Waals surface area contributed by atoms with Gasteiger partial charge in [-0.05, 0) is 17.7 Å². The Bertz CT molecular complexity index is 529. The van der Waals surface area contributed by atoms with Crippen molar-refractivity contribution in [3.8, 4) is 0 Å². The quantitative estimate of drug-likeness (QED) is 0.807. The minimum atomic E-state index is -1.51. The van der Waals surface area contributed by atoms with Gasteiger partial charge >= 0.3 is 0 Å². The Balaban J connectivity index is 2.45. The fraction of sp³-hybridized carbons (Fsp3) is 0.200. The van der Waals surface area contributed by atoms with E-state index in [1.807, 2.05) is 0 Å². The van der Waals surface area contributed by atoms with Crippen LogP contribution < -0.4 is 5.73 Å². The normalized spacial score (nSPS) is 12.8. The maximum absolute atomic E-state index is 13.0. The number of benzene rings is 1. The number of aryl methyl sites for hydroxylation is 1. The van der Waals surface area contributed by atoms with Crippen LogP contribution in [0.4, 0.5) is 13.2 Å². The van der Waals surface area contributed by atoms with Crippen molar-refractivity contribution in [3.05, 3.63) is 47.0 Å². The Kier molecular flexibility index (Phi) is 2.84. The van der Waals surface area contributed by atoms with E-state index < -0.39 is 23.5 Å². The molecule has 17 heavy (non-hydrogen) atoms. The van der Waals surface area contributed by atoms with Crippen LogP contribution >= 0.6 is 0 Å². The van der Waals surface area contributed by atoms with Crippen molar-refractivity contribution in [2.75, 3.05) is 0 Å². The van der Waals surface area contributed by atoms with Crippen LogP contribution in [0, 0.1) is 17.5 Å². The molecule has 2 rings (SSSR count). The van der Waals surface area contributed by atoms with E-state index in [0.717, 1.165) is 12.1 Å². The lowest BCUT2D eigenvalue weighted by Gasteiger charge is -2.12. The SMILES string of the molecule is Cn1nncc1C(N)c1cc(F)c(F)c(F)c1. The van der Waals surface area contributed by atoms with Gasteiger partial charge in [-0.3, -0.25) is 4.68 Å². The van der Waals surface area contributed by atoms with Gasteiger partial charge < -0.3 is 5.73 Å². The van der Waals surface area contributed by atoms with Crippen LogP contribution in [0.15, 0.2) is 18.3 Å². The second kappa shape index (κ2) is 4.17. The summed E-state index contributed by atoms with van der Waals surface area (Å²) in [6.07, 6.45) is 1.38. The third-order valence-corrected chi connectivity index (χ3v) is 2.43. The topological polar surface area (TPSA) is 56.7 Å². The van der Waals surface area contributed by atoms with Crippen molar-refractivity contribution < 1.29 is 13.2 Å². The van der Waals surface area contributed by atoms with Gasteiger partial charge in [0.25, 0.3) is 0 Å². The van der Waals surface area contributed by atoms with E-state index in [-0.39, 0.29) is 5.56 Å². The lowest BCUT2D eigenvalue weighted by molar-refractivity contribution is 0.444. The highest BCUT2D eigenvalue weighted by Gasteiger charge is 2.18. The molecule has 2 aromatic rings. The molecule has 0 bridgehead atoms. The molecule has 0 fully saturated rings. The van der Waals surface area contributed by atoms with Crippen LogP contribution in [0.2, 0.25) is 0 Å². The Labute approximate surface area is 94.9 Å². The summed E-state index contributed by atoms with van der Waals surface area (Å²) in [7, 11) is 1.60. The molecule has 1 aromatic heterocycles. The molecule has 0 spiro atoms. The molecule has 1 aromatic carbocycles. The van der Waals surface area contributed by atoms with Crippen molar-refractivity contribution in [2.45, 2.75) is 6.04 Å². The van der Waals surface area contributed by atoms with E-state index in [1.165, 1.54) is 10.9 Å². The molecule has 1 unspecified atom stereocenters. The summed E-state index contributed by atoms with van der Waals surface area (Å²) < 4.78 is 40.2. The summed E-state index contributed by atoms with van der Waals surface area (Å²) in [5.74, 6) is -4.06. The third kappa shape index (κ3) is 2.01.